The zero-order valence-electron chi connectivity index (χ0n) is 17.5. The number of amides is 1. The van der Waals surface area contributed by atoms with E-state index in [1.54, 1.807) is 0 Å². The third-order valence-corrected chi connectivity index (χ3v) is 4.69. The molecule has 1 amide bonds. The number of hydrogen-bond acceptors (Lipinski definition) is 4. The van der Waals surface area contributed by atoms with Gasteiger partial charge in [-0.3, -0.25) is 4.79 Å². The first-order valence-corrected chi connectivity index (χ1v) is 11.0. The molecule has 0 radical (unpaired) electrons. The Morgan fingerprint density at radius 1 is 0.808 bits per heavy atom. The van der Waals surface area contributed by atoms with Crippen LogP contribution in [0.4, 0.5) is 0 Å². The number of carbonyl (C=O) groups excluding carboxylic acids is 1. The van der Waals surface area contributed by atoms with E-state index in [1.807, 2.05) is 0 Å². The summed E-state index contributed by atoms with van der Waals surface area (Å²) >= 11 is 0. The lowest BCUT2D eigenvalue weighted by Crippen LogP contribution is -2.35. The molecule has 0 aliphatic heterocycles. The van der Waals surface area contributed by atoms with E-state index in [2.05, 4.69) is 29.8 Å². The molecule has 5 heteroatoms. The van der Waals surface area contributed by atoms with E-state index >= 15 is 0 Å². The highest BCUT2D eigenvalue weighted by Gasteiger charge is 2.06. The van der Waals surface area contributed by atoms with E-state index in [9.17, 15) is 4.79 Å². The molecule has 0 aromatic rings. The molecule has 0 heterocycles. The van der Waals surface area contributed by atoms with Crippen LogP contribution in [0.5, 0.6) is 0 Å². The van der Waals surface area contributed by atoms with Crippen LogP contribution in [0.3, 0.4) is 0 Å². The van der Waals surface area contributed by atoms with Gasteiger partial charge in [0.25, 0.3) is 0 Å². The Morgan fingerprint density at radius 3 is 1.92 bits per heavy atom. The van der Waals surface area contributed by atoms with Crippen LogP contribution in [0.25, 0.3) is 0 Å². The number of rotatable bonds is 20. The maximum atomic E-state index is 11.9. The summed E-state index contributed by atoms with van der Waals surface area (Å²) in [5.41, 5.74) is 0. The highest BCUT2D eigenvalue weighted by atomic mass is 16.3. The minimum atomic E-state index is 0.139. The second kappa shape index (κ2) is 20.7. The molecule has 5 nitrogen and oxygen atoms in total. The molecule has 0 bridgehead atoms. The molecule has 0 aromatic heterocycles. The van der Waals surface area contributed by atoms with Crippen molar-refractivity contribution in [3.8, 4) is 0 Å². The molecule has 1 atom stereocenters. The molecule has 4 N–H and O–H groups in total. The highest BCUT2D eigenvalue weighted by Crippen LogP contribution is 2.11. The third kappa shape index (κ3) is 19.7. The normalized spacial score (nSPS) is 12.3. The Morgan fingerprint density at radius 2 is 1.35 bits per heavy atom. The van der Waals surface area contributed by atoms with Gasteiger partial charge in [-0.05, 0) is 13.3 Å². The number of carbonyl (C=O) groups is 1. The summed E-state index contributed by atoms with van der Waals surface area (Å²) in [6.07, 6.45) is 15.1. The van der Waals surface area contributed by atoms with Crippen molar-refractivity contribution in [1.82, 2.24) is 16.0 Å². The Labute approximate surface area is 162 Å². The van der Waals surface area contributed by atoms with Gasteiger partial charge in [-0.15, -0.1) is 0 Å². The second-order valence-corrected chi connectivity index (χ2v) is 7.41. The molecule has 0 aliphatic carbocycles. The van der Waals surface area contributed by atoms with E-state index in [-0.39, 0.29) is 18.6 Å². The molecule has 0 rings (SSSR count). The van der Waals surface area contributed by atoms with Crippen LogP contribution in [-0.4, -0.2) is 49.8 Å². The molecule has 0 saturated heterocycles. The van der Waals surface area contributed by atoms with Crippen molar-refractivity contribution in [2.24, 2.45) is 0 Å². The van der Waals surface area contributed by atoms with E-state index in [1.165, 1.54) is 64.2 Å². The maximum Gasteiger partial charge on any atom is 0.221 e. The van der Waals surface area contributed by atoms with Crippen molar-refractivity contribution in [2.45, 2.75) is 96.9 Å². The first kappa shape index (κ1) is 25.4. The molecular formula is C21H45N3O2. The monoisotopic (exact) mass is 371 g/mol. The number of nitrogens with one attached hydrogen (secondary N) is 3. The summed E-state index contributed by atoms with van der Waals surface area (Å²) in [6, 6.07) is 0.280. The van der Waals surface area contributed by atoms with Crippen molar-refractivity contribution in [3.05, 3.63) is 0 Å². The van der Waals surface area contributed by atoms with Crippen LogP contribution >= 0.6 is 0 Å². The summed E-state index contributed by atoms with van der Waals surface area (Å²) in [7, 11) is 0. The Hall–Kier alpha value is -0.650. The molecule has 26 heavy (non-hydrogen) atoms. The number of hydrogen-bond donors (Lipinski definition) is 4. The van der Waals surface area contributed by atoms with Gasteiger partial charge in [-0.2, -0.15) is 0 Å². The first-order chi connectivity index (χ1) is 12.7. The summed E-state index contributed by atoms with van der Waals surface area (Å²) in [5, 5.41) is 18.1. The predicted octanol–water partition coefficient (Wildman–Crippen LogP) is 3.36. The van der Waals surface area contributed by atoms with Crippen LogP contribution in [0.15, 0.2) is 0 Å². The lowest BCUT2D eigenvalue weighted by Gasteiger charge is -2.14. The van der Waals surface area contributed by atoms with Gasteiger partial charge in [0.1, 0.15) is 0 Å². The third-order valence-electron chi connectivity index (χ3n) is 4.69. The number of unbranched alkanes of at least 4 members (excludes halogenated alkanes) is 9. The van der Waals surface area contributed by atoms with Gasteiger partial charge in [0.2, 0.25) is 5.91 Å². The minimum absolute atomic E-state index is 0.139. The molecule has 0 saturated carbocycles. The van der Waals surface area contributed by atoms with Crippen molar-refractivity contribution in [2.75, 3.05) is 32.8 Å². The van der Waals surface area contributed by atoms with Crippen molar-refractivity contribution < 1.29 is 9.90 Å². The van der Waals surface area contributed by atoms with Gasteiger partial charge >= 0.3 is 0 Å². The molecule has 0 aliphatic rings. The molecule has 156 valence electrons. The molecule has 1 unspecified atom stereocenters. The van der Waals surface area contributed by atoms with E-state index in [0.29, 0.717) is 19.5 Å². The fraction of sp³-hybridized carbons (Fsp3) is 0.952. The average Bonchev–Trinajstić information content (AvgIpc) is 2.62. The largest absolute Gasteiger partial charge is 0.395 e. The smallest absolute Gasteiger partial charge is 0.221 e. The van der Waals surface area contributed by atoms with E-state index in [4.69, 9.17) is 5.11 Å². The highest BCUT2D eigenvalue weighted by molar-refractivity contribution is 5.76. The van der Waals surface area contributed by atoms with Gasteiger partial charge in [-0.1, -0.05) is 71.1 Å². The standard InChI is InChI=1S/C21H45N3O2/c1-3-4-5-6-7-8-9-10-11-12-13-20(2)24-21(26)14-15-22-16-17-23-18-19-25/h20,22-23,25H,3-19H2,1-2H3,(H,24,26). The summed E-state index contributed by atoms with van der Waals surface area (Å²) in [5.74, 6) is 0.139. The summed E-state index contributed by atoms with van der Waals surface area (Å²) in [4.78, 5) is 11.9. The molecule has 0 spiro atoms. The number of aliphatic hydroxyl groups excluding tert-OH is 1. The van der Waals surface area contributed by atoms with Gasteiger partial charge < -0.3 is 21.1 Å². The van der Waals surface area contributed by atoms with Crippen molar-refractivity contribution in [1.29, 1.82) is 0 Å². The summed E-state index contributed by atoms with van der Waals surface area (Å²) in [6.45, 7) is 7.51. The topological polar surface area (TPSA) is 73.4 Å². The van der Waals surface area contributed by atoms with Crippen LogP contribution in [0, 0.1) is 0 Å². The quantitative estimate of drug-likeness (QED) is 0.248. The van der Waals surface area contributed by atoms with Crippen LogP contribution in [0.1, 0.15) is 90.9 Å². The average molecular weight is 372 g/mol. The Balaban J connectivity index is 3.31. The van der Waals surface area contributed by atoms with Crippen molar-refractivity contribution >= 4 is 5.91 Å². The van der Waals surface area contributed by atoms with E-state index in [0.717, 1.165) is 19.5 Å². The first-order valence-electron chi connectivity index (χ1n) is 11.0. The molecule has 0 aromatic carbocycles. The summed E-state index contributed by atoms with van der Waals surface area (Å²) < 4.78 is 0. The van der Waals surface area contributed by atoms with Crippen LogP contribution in [0.2, 0.25) is 0 Å². The Kier molecular flexibility index (Phi) is 20.1. The fourth-order valence-electron chi connectivity index (χ4n) is 3.06. The van der Waals surface area contributed by atoms with Crippen molar-refractivity contribution in [3.63, 3.8) is 0 Å². The zero-order chi connectivity index (χ0) is 19.3. The molecule has 0 fully saturated rings. The molecular weight excluding hydrogens is 326 g/mol. The maximum absolute atomic E-state index is 11.9. The van der Waals surface area contributed by atoms with Crippen LogP contribution in [-0.2, 0) is 4.79 Å². The van der Waals surface area contributed by atoms with E-state index < -0.39 is 0 Å². The zero-order valence-corrected chi connectivity index (χ0v) is 17.5. The lowest BCUT2D eigenvalue weighted by molar-refractivity contribution is -0.121. The minimum Gasteiger partial charge on any atom is -0.395 e. The fourth-order valence-corrected chi connectivity index (χ4v) is 3.06. The van der Waals surface area contributed by atoms with Gasteiger partial charge in [-0.25, -0.2) is 0 Å². The van der Waals surface area contributed by atoms with Gasteiger partial charge in [0.05, 0.1) is 6.61 Å². The SMILES string of the molecule is CCCCCCCCCCCCC(C)NC(=O)CCNCCNCCO. The Bertz CT molecular complexity index is 301. The predicted molar refractivity (Wildman–Crippen MR) is 112 cm³/mol. The van der Waals surface area contributed by atoms with Gasteiger partial charge in [0, 0.05) is 38.6 Å². The van der Waals surface area contributed by atoms with Crippen LogP contribution < -0.4 is 16.0 Å². The second-order valence-electron chi connectivity index (χ2n) is 7.41. The van der Waals surface area contributed by atoms with Gasteiger partial charge in [0.15, 0.2) is 0 Å². The number of aliphatic hydroxyl groups is 1. The lowest BCUT2D eigenvalue weighted by atomic mass is 10.0.